The Hall–Kier alpha value is -1.91. The summed E-state index contributed by atoms with van der Waals surface area (Å²) in [5, 5.41) is 8.67. The van der Waals surface area contributed by atoms with Crippen molar-refractivity contribution in [3.05, 3.63) is 30.2 Å². The molecule has 140 valence electrons. The van der Waals surface area contributed by atoms with Crippen molar-refractivity contribution in [1.29, 1.82) is 0 Å². The predicted octanol–water partition coefficient (Wildman–Crippen LogP) is 4.19. The molecule has 0 spiro atoms. The van der Waals surface area contributed by atoms with Crippen LogP contribution in [0.3, 0.4) is 0 Å². The molecule has 3 heterocycles. The quantitative estimate of drug-likeness (QED) is 0.809. The van der Waals surface area contributed by atoms with Crippen LogP contribution in [0.25, 0.3) is 5.65 Å². The molecule has 2 aromatic heterocycles. The van der Waals surface area contributed by atoms with Gasteiger partial charge in [0.05, 0.1) is 0 Å². The number of carbonyl (C=O) groups is 1. The number of amides is 1. The lowest BCUT2D eigenvalue weighted by Crippen LogP contribution is -2.38. The van der Waals surface area contributed by atoms with Gasteiger partial charge in [-0.25, -0.2) is 0 Å². The summed E-state index contributed by atoms with van der Waals surface area (Å²) < 4.78 is 2.09. The molecular formula is C21H30N4O. The minimum Gasteiger partial charge on any atom is -0.343 e. The third kappa shape index (κ3) is 3.92. The van der Waals surface area contributed by atoms with E-state index in [1.165, 1.54) is 38.5 Å². The Morgan fingerprint density at radius 2 is 1.85 bits per heavy atom. The maximum absolute atomic E-state index is 12.5. The van der Waals surface area contributed by atoms with Gasteiger partial charge in [-0.1, -0.05) is 38.2 Å². The van der Waals surface area contributed by atoms with Crippen LogP contribution in [0.15, 0.2) is 24.4 Å². The molecule has 2 fully saturated rings. The molecule has 1 amide bonds. The lowest BCUT2D eigenvalue weighted by molar-refractivity contribution is -0.132. The highest BCUT2D eigenvalue weighted by Crippen LogP contribution is 2.29. The second kappa shape index (κ2) is 8.19. The number of piperidine rings is 1. The van der Waals surface area contributed by atoms with Gasteiger partial charge < -0.3 is 4.90 Å². The summed E-state index contributed by atoms with van der Waals surface area (Å²) >= 11 is 0. The van der Waals surface area contributed by atoms with E-state index in [4.69, 9.17) is 0 Å². The molecule has 2 aliphatic rings. The van der Waals surface area contributed by atoms with Crippen LogP contribution < -0.4 is 0 Å². The average molecular weight is 354 g/mol. The van der Waals surface area contributed by atoms with Gasteiger partial charge in [-0.3, -0.25) is 9.20 Å². The van der Waals surface area contributed by atoms with Crippen LogP contribution in [0.2, 0.25) is 0 Å². The Morgan fingerprint density at radius 3 is 2.65 bits per heavy atom. The number of rotatable bonds is 5. The molecule has 0 unspecified atom stereocenters. The minimum absolute atomic E-state index is 0.352. The van der Waals surface area contributed by atoms with Crippen LogP contribution in [-0.2, 0) is 4.79 Å². The van der Waals surface area contributed by atoms with Crippen LogP contribution >= 0.6 is 0 Å². The van der Waals surface area contributed by atoms with E-state index in [-0.39, 0.29) is 0 Å². The second-order valence-electron chi connectivity index (χ2n) is 8.04. The van der Waals surface area contributed by atoms with Crippen LogP contribution in [0.1, 0.15) is 76.0 Å². The van der Waals surface area contributed by atoms with E-state index < -0.39 is 0 Å². The zero-order valence-electron chi connectivity index (χ0n) is 15.6. The number of likely N-dealkylation sites (tertiary alicyclic amines) is 1. The van der Waals surface area contributed by atoms with E-state index in [1.807, 2.05) is 24.4 Å². The average Bonchev–Trinajstić information content (AvgIpc) is 3.13. The van der Waals surface area contributed by atoms with Gasteiger partial charge in [0.25, 0.3) is 0 Å². The number of fused-ring (bicyclic) bond motifs is 1. The molecule has 26 heavy (non-hydrogen) atoms. The monoisotopic (exact) mass is 354 g/mol. The van der Waals surface area contributed by atoms with Crippen LogP contribution in [0.4, 0.5) is 0 Å². The van der Waals surface area contributed by atoms with Gasteiger partial charge in [-0.05, 0) is 43.7 Å². The molecule has 4 rings (SSSR count). The zero-order valence-corrected chi connectivity index (χ0v) is 15.6. The Kier molecular flexibility index (Phi) is 5.51. The van der Waals surface area contributed by atoms with Crippen molar-refractivity contribution in [2.24, 2.45) is 5.92 Å². The smallest absolute Gasteiger partial charge is 0.222 e. The summed E-state index contributed by atoms with van der Waals surface area (Å²) in [6.07, 6.45) is 14.0. The summed E-state index contributed by atoms with van der Waals surface area (Å²) in [6, 6.07) is 5.99. The summed E-state index contributed by atoms with van der Waals surface area (Å²) in [4.78, 5) is 14.6. The van der Waals surface area contributed by atoms with E-state index in [2.05, 4.69) is 19.5 Å². The van der Waals surface area contributed by atoms with Gasteiger partial charge >= 0.3 is 0 Å². The standard InChI is InChI=1S/C21H30N4O/c26-20(11-6-9-17-7-2-1-3-8-17)24-15-12-18(13-16-24)21-23-22-19-10-4-5-14-25(19)21/h4-5,10,14,17-18H,1-3,6-9,11-13,15-16H2. The van der Waals surface area contributed by atoms with Gasteiger partial charge in [-0.2, -0.15) is 0 Å². The van der Waals surface area contributed by atoms with Gasteiger partial charge in [-0.15, -0.1) is 10.2 Å². The molecule has 2 aromatic rings. The van der Waals surface area contributed by atoms with Gasteiger partial charge in [0.1, 0.15) is 5.82 Å². The van der Waals surface area contributed by atoms with Crippen molar-refractivity contribution in [2.75, 3.05) is 13.1 Å². The van der Waals surface area contributed by atoms with Crippen molar-refractivity contribution in [2.45, 2.75) is 70.1 Å². The Labute approximate surface area is 155 Å². The Morgan fingerprint density at radius 1 is 1.04 bits per heavy atom. The van der Waals surface area contributed by atoms with E-state index in [0.29, 0.717) is 11.8 Å². The molecular weight excluding hydrogens is 324 g/mol. The topological polar surface area (TPSA) is 50.5 Å². The van der Waals surface area contributed by atoms with Crippen molar-refractivity contribution in [3.8, 4) is 0 Å². The summed E-state index contributed by atoms with van der Waals surface area (Å²) in [6.45, 7) is 1.71. The molecule has 1 aliphatic carbocycles. The third-order valence-electron chi connectivity index (χ3n) is 6.28. The zero-order chi connectivity index (χ0) is 17.8. The van der Waals surface area contributed by atoms with Crippen molar-refractivity contribution < 1.29 is 4.79 Å². The lowest BCUT2D eigenvalue weighted by Gasteiger charge is -2.31. The molecule has 0 radical (unpaired) electrons. The normalized spacial score (nSPS) is 19.9. The van der Waals surface area contributed by atoms with Crippen molar-refractivity contribution in [1.82, 2.24) is 19.5 Å². The predicted molar refractivity (Wildman–Crippen MR) is 102 cm³/mol. The number of hydrogen-bond acceptors (Lipinski definition) is 3. The number of hydrogen-bond donors (Lipinski definition) is 0. The third-order valence-corrected chi connectivity index (χ3v) is 6.28. The van der Waals surface area contributed by atoms with Gasteiger partial charge in [0, 0.05) is 31.6 Å². The first-order chi connectivity index (χ1) is 12.8. The van der Waals surface area contributed by atoms with Crippen molar-refractivity contribution in [3.63, 3.8) is 0 Å². The largest absolute Gasteiger partial charge is 0.343 e. The number of pyridine rings is 1. The van der Waals surface area contributed by atoms with Crippen molar-refractivity contribution >= 4 is 11.6 Å². The Bertz CT molecular complexity index is 726. The first kappa shape index (κ1) is 17.5. The molecule has 1 saturated heterocycles. The van der Waals surface area contributed by atoms with E-state index in [1.54, 1.807) is 0 Å². The number of carbonyl (C=O) groups excluding carboxylic acids is 1. The van der Waals surface area contributed by atoms with Gasteiger partial charge in [0.15, 0.2) is 5.65 Å². The second-order valence-corrected chi connectivity index (χ2v) is 8.04. The van der Waals surface area contributed by atoms with Gasteiger partial charge in [0.2, 0.25) is 5.91 Å². The highest BCUT2D eigenvalue weighted by atomic mass is 16.2. The summed E-state index contributed by atoms with van der Waals surface area (Å²) in [5.41, 5.74) is 0.906. The summed E-state index contributed by atoms with van der Waals surface area (Å²) in [7, 11) is 0. The molecule has 0 atom stereocenters. The number of aromatic nitrogens is 3. The minimum atomic E-state index is 0.352. The molecule has 0 aromatic carbocycles. The molecule has 0 N–H and O–H groups in total. The van der Waals surface area contributed by atoms with Crippen LogP contribution in [0, 0.1) is 5.92 Å². The molecule has 1 aliphatic heterocycles. The fourth-order valence-corrected chi connectivity index (χ4v) is 4.70. The maximum Gasteiger partial charge on any atom is 0.222 e. The highest BCUT2D eigenvalue weighted by Gasteiger charge is 2.26. The fourth-order valence-electron chi connectivity index (χ4n) is 4.70. The van der Waals surface area contributed by atoms with Crippen LogP contribution in [0.5, 0.6) is 0 Å². The molecule has 5 heteroatoms. The molecule has 5 nitrogen and oxygen atoms in total. The lowest BCUT2D eigenvalue weighted by atomic mass is 9.86. The SMILES string of the molecule is O=C(CCCC1CCCCC1)N1CCC(c2nnc3ccccn23)CC1. The van der Waals surface area contributed by atoms with Crippen LogP contribution in [-0.4, -0.2) is 38.5 Å². The van der Waals surface area contributed by atoms with E-state index in [9.17, 15) is 4.79 Å². The maximum atomic E-state index is 12.5. The number of nitrogens with zero attached hydrogens (tertiary/aromatic N) is 4. The highest BCUT2D eigenvalue weighted by molar-refractivity contribution is 5.76. The Balaban J connectivity index is 1.24. The first-order valence-electron chi connectivity index (χ1n) is 10.4. The van der Waals surface area contributed by atoms with E-state index >= 15 is 0 Å². The molecule has 1 saturated carbocycles. The van der Waals surface area contributed by atoms with E-state index in [0.717, 1.165) is 56.2 Å². The first-order valence-corrected chi connectivity index (χ1v) is 10.4. The summed E-state index contributed by atoms with van der Waals surface area (Å²) in [5.74, 6) is 2.68. The fraction of sp³-hybridized carbons (Fsp3) is 0.667. The molecule has 0 bridgehead atoms.